The average molecular weight is 591 g/mol. The third-order valence-corrected chi connectivity index (χ3v) is 4.82. The minimum absolute atomic E-state index is 0.105. The highest BCUT2D eigenvalue weighted by Crippen LogP contribution is 2.30. The molecule has 0 bridgehead atoms. The summed E-state index contributed by atoms with van der Waals surface area (Å²) in [4.78, 5) is 0. The number of ether oxygens (including phenoxy) is 1. The number of hydrogen-bond acceptors (Lipinski definition) is 2. The fourth-order valence-electron chi connectivity index (χ4n) is 1.64. The van der Waals surface area contributed by atoms with Crippen LogP contribution in [0.4, 0.5) is 0 Å². The molecule has 2 N–H and O–H groups in total. The molecule has 2 rings (SSSR count). The highest BCUT2D eigenvalue weighted by molar-refractivity contribution is 14.1. The van der Waals surface area contributed by atoms with Crippen LogP contribution in [0.3, 0.4) is 0 Å². The lowest BCUT2D eigenvalue weighted by Gasteiger charge is -2.15. The second kappa shape index (κ2) is 7.41. The van der Waals surface area contributed by atoms with E-state index in [2.05, 4.69) is 79.9 Å². The molecule has 0 saturated heterocycles. The summed E-state index contributed by atoms with van der Waals surface area (Å²) in [5.74, 6) is 0.924. The number of nitrogens with two attached hydrogens (primary N) is 1. The average Bonchev–Trinajstić information content (AvgIpc) is 2.38. The van der Waals surface area contributed by atoms with Gasteiger partial charge >= 0.3 is 0 Å². The van der Waals surface area contributed by atoms with Crippen molar-refractivity contribution in [2.75, 3.05) is 6.61 Å². The number of benzene rings is 2. The predicted octanol–water partition coefficient (Wildman–Crippen LogP) is 4.58. The lowest BCUT2D eigenvalue weighted by atomic mass is 10.1. The predicted molar refractivity (Wildman–Crippen MR) is 103 cm³/mol. The van der Waals surface area contributed by atoms with Gasteiger partial charge in [0, 0.05) is 3.57 Å². The summed E-state index contributed by atoms with van der Waals surface area (Å²) < 4.78 is 9.35. The highest BCUT2D eigenvalue weighted by atomic mass is 127. The van der Waals surface area contributed by atoms with Gasteiger partial charge in [0.05, 0.1) is 13.2 Å². The zero-order chi connectivity index (χ0) is 13.8. The van der Waals surface area contributed by atoms with Gasteiger partial charge in [0.25, 0.3) is 0 Å². The van der Waals surface area contributed by atoms with E-state index in [1.165, 1.54) is 3.57 Å². The largest absolute Gasteiger partial charge is 0.489 e. The Morgan fingerprint density at radius 3 is 2.16 bits per heavy atom. The first kappa shape index (κ1) is 15.8. The van der Waals surface area contributed by atoms with E-state index >= 15 is 0 Å². The molecule has 2 aromatic rings. The van der Waals surface area contributed by atoms with Gasteiger partial charge in [-0.1, -0.05) is 30.3 Å². The fraction of sp³-hybridized carbons (Fsp3) is 0.143. The quantitative estimate of drug-likeness (QED) is 0.530. The molecule has 0 fully saturated rings. The third kappa shape index (κ3) is 4.43. The first-order valence-electron chi connectivity index (χ1n) is 5.66. The highest BCUT2D eigenvalue weighted by Gasteiger charge is 2.11. The van der Waals surface area contributed by atoms with Gasteiger partial charge in [-0.25, -0.2) is 0 Å². The molecule has 1 atom stereocenters. The van der Waals surface area contributed by atoms with Crippen LogP contribution in [-0.4, -0.2) is 6.61 Å². The van der Waals surface area contributed by atoms with E-state index < -0.39 is 0 Å². The molecular weight excluding hydrogens is 579 g/mol. The van der Waals surface area contributed by atoms with Crippen molar-refractivity contribution in [2.45, 2.75) is 6.04 Å². The molecule has 19 heavy (non-hydrogen) atoms. The molecule has 0 aromatic heterocycles. The molecule has 5 heteroatoms. The molecular formula is C14H12I3NO. The standard InChI is InChI=1S/C14H12I3NO/c15-10-6-11(16)14(12(17)7-10)19-8-13(18)9-4-2-1-3-5-9/h1-7,13H,8,18H2. The molecule has 0 aliphatic carbocycles. The molecule has 0 spiro atoms. The summed E-state index contributed by atoms with van der Waals surface area (Å²) in [7, 11) is 0. The van der Waals surface area contributed by atoms with Crippen molar-refractivity contribution in [3.63, 3.8) is 0 Å². The topological polar surface area (TPSA) is 35.2 Å². The fourth-order valence-corrected chi connectivity index (χ4v) is 5.53. The van der Waals surface area contributed by atoms with Crippen molar-refractivity contribution in [3.8, 4) is 5.75 Å². The van der Waals surface area contributed by atoms with Gasteiger partial charge in [0.2, 0.25) is 0 Å². The lowest BCUT2D eigenvalue weighted by Crippen LogP contribution is -2.19. The van der Waals surface area contributed by atoms with Crippen molar-refractivity contribution in [1.82, 2.24) is 0 Å². The molecule has 0 amide bonds. The minimum Gasteiger partial charge on any atom is -0.489 e. The molecule has 0 heterocycles. The van der Waals surface area contributed by atoms with Crippen molar-refractivity contribution in [1.29, 1.82) is 0 Å². The summed E-state index contributed by atoms with van der Waals surface area (Å²) >= 11 is 6.90. The number of rotatable bonds is 4. The van der Waals surface area contributed by atoms with Crippen LogP contribution in [0.25, 0.3) is 0 Å². The molecule has 0 saturated carbocycles. The van der Waals surface area contributed by atoms with Gasteiger partial charge in [-0.3, -0.25) is 0 Å². The second-order valence-corrected chi connectivity index (χ2v) is 7.60. The van der Waals surface area contributed by atoms with Crippen molar-refractivity contribution < 1.29 is 4.74 Å². The van der Waals surface area contributed by atoms with Gasteiger partial charge < -0.3 is 10.5 Å². The summed E-state index contributed by atoms with van der Waals surface area (Å²) in [6, 6.07) is 14.1. The van der Waals surface area contributed by atoms with E-state index in [4.69, 9.17) is 10.5 Å². The van der Waals surface area contributed by atoms with Crippen LogP contribution in [0.5, 0.6) is 5.75 Å². The van der Waals surface area contributed by atoms with Crippen LogP contribution in [0.1, 0.15) is 11.6 Å². The Morgan fingerprint density at radius 1 is 1.00 bits per heavy atom. The minimum atomic E-state index is -0.105. The van der Waals surface area contributed by atoms with Crippen molar-refractivity contribution >= 4 is 67.8 Å². The zero-order valence-electron chi connectivity index (χ0n) is 9.95. The summed E-state index contributed by atoms with van der Waals surface area (Å²) in [6.45, 7) is 0.483. The van der Waals surface area contributed by atoms with Crippen LogP contribution in [0, 0.1) is 10.7 Å². The van der Waals surface area contributed by atoms with E-state index in [0.29, 0.717) is 6.61 Å². The Kier molecular flexibility index (Phi) is 6.15. The van der Waals surface area contributed by atoms with Gasteiger partial charge in [-0.05, 0) is 85.5 Å². The van der Waals surface area contributed by atoms with Crippen molar-refractivity contribution in [2.24, 2.45) is 5.73 Å². The smallest absolute Gasteiger partial charge is 0.146 e. The summed E-state index contributed by atoms with van der Waals surface area (Å²) in [6.07, 6.45) is 0. The lowest BCUT2D eigenvalue weighted by molar-refractivity contribution is 0.287. The normalized spacial score (nSPS) is 12.2. The Labute approximate surface area is 153 Å². The van der Waals surface area contributed by atoms with Crippen LogP contribution in [0.2, 0.25) is 0 Å². The molecule has 1 unspecified atom stereocenters. The maximum atomic E-state index is 6.14. The second-order valence-electron chi connectivity index (χ2n) is 4.03. The summed E-state index contributed by atoms with van der Waals surface area (Å²) in [5.41, 5.74) is 7.24. The van der Waals surface area contributed by atoms with Crippen LogP contribution >= 0.6 is 67.8 Å². The third-order valence-electron chi connectivity index (χ3n) is 2.60. The maximum absolute atomic E-state index is 6.14. The zero-order valence-corrected chi connectivity index (χ0v) is 16.4. The van der Waals surface area contributed by atoms with E-state index in [1.807, 2.05) is 30.3 Å². The van der Waals surface area contributed by atoms with Gasteiger partial charge in [0.1, 0.15) is 12.4 Å². The SMILES string of the molecule is NC(COc1c(I)cc(I)cc1I)c1ccccc1. The van der Waals surface area contributed by atoms with E-state index in [-0.39, 0.29) is 6.04 Å². The Hall–Kier alpha value is 0.390. The van der Waals surface area contributed by atoms with E-state index in [9.17, 15) is 0 Å². The molecule has 0 aliphatic heterocycles. The van der Waals surface area contributed by atoms with Gasteiger partial charge in [-0.15, -0.1) is 0 Å². The molecule has 0 aliphatic rings. The number of halogens is 3. The Bertz CT molecular complexity index is 537. The monoisotopic (exact) mass is 591 g/mol. The molecule has 2 nitrogen and oxygen atoms in total. The number of hydrogen-bond donors (Lipinski definition) is 1. The van der Waals surface area contributed by atoms with Crippen molar-refractivity contribution in [3.05, 3.63) is 58.7 Å². The van der Waals surface area contributed by atoms with Crippen LogP contribution < -0.4 is 10.5 Å². The maximum Gasteiger partial charge on any atom is 0.146 e. The first-order chi connectivity index (χ1) is 9.08. The Balaban J connectivity index is 2.07. The molecule has 2 aromatic carbocycles. The van der Waals surface area contributed by atoms with E-state index in [0.717, 1.165) is 18.5 Å². The summed E-state index contributed by atoms with van der Waals surface area (Å²) in [5, 5.41) is 0. The van der Waals surface area contributed by atoms with Crippen LogP contribution in [0.15, 0.2) is 42.5 Å². The first-order valence-corrected chi connectivity index (χ1v) is 8.89. The van der Waals surface area contributed by atoms with Gasteiger partial charge in [0.15, 0.2) is 0 Å². The van der Waals surface area contributed by atoms with Crippen LogP contribution in [-0.2, 0) is 0 Å². The Morgan fingerprint density at radius 2 is 1.58 bits per heavy atom. The molecule has 100 valence electrons. The van der Waals surface area contributed by atoms with Gasteiger partial charge in [-0.2, -0.15) is 0 Å². The molecule has 0 radical (unpaired) electrons. The van der Waals surface area contributed by atoms with E-state index in [1.54, 1.807) is 0 Å².